The van der Waals surface area contributed by atoms with Gasteiger partial charge in [0.15, 0.2) is 0 Å². The summed E-state index contributed by atoms with van der Waals surface area (Å²) < 4.78 is 0. The van der Waals surface area contributed by atoms with Crippen LogP contribution < -0.4 is 0 Å². The predicted molar refractivity (Wildman–Crippen MR) is 141 cm³/mol. The van der Waals surface area contributed by atoms with Gasteiger partial charge in [-0.3, -0.25) is 4.79 Å². The van der Waals surface area contributed by atoms with Crippen molar-refractivity contribution < 1.29 is 20.1 Å². The SMILES string of the molecule is C=C(CCC(C(=O)O)[C@H]1[C@H](O)C[C@@]2(C)C3=C(CC[C@]12C)[C@@]1(C)CC[C@H](O)C(C)(C)[C@@H]1CC3)C(C)C. The molecule has 0 saturated heterocycles. The molecule has 4 nitrogen and oxygen atoms in total. The van der Waals surface area contributed by atoms with Gasteiger partial charge in [-0.15, -0.1) is 0 Å². The Morgan fingerprint density at radius 3 is 2.29 bits per heavy atom. The quantitative estimate of drug-likeness (QED) is 0.362. The molecule has 4 aliphatic carbocycles. The molecule has 0 amide bonds. The number of carbonyl (C=O) groups is 1. The van der Waals surface area contributed by atoms with Crippen molar-refractivity contribution >= 4 is 5.97 Å². The van der Waals surface area contributed by atoms with Crippen molar-refractivity contribution in [2.75, 3.05) is 0 Å². The standard InChI is InChI=1S/C31H50O4/c1-18(2)19(3)9-10-20(27(34)35)26-23(32)17-31(8)22-11-12-24-28(4,5)25(33)14-15-29(24,6)21(22)13-16-30(26,31)7/h18,20,23-26,32-33H,3,9-17H2,1-2,4-8H3,(H,34,35)/t20?,23-,24+,25+,26+,29-,30-,31+/m1/s1. The zero-order valence-corrected chi connectivity index (χ0v) is 23.3. The Labute approximate surface area is 213 Å². The summed E-state index contributed by atoms with van der Waals surface area (Å²) in [6.07, 6.45) is 6.95. The summed E-state index contributed by atoms with van der Waals surface area (Å²) >= 11 is 0. The molecule has 0 aromatic carbocycles. The third kappa shape index (κ3) is 3.79. The molecule has 4 aliphatic rings. The average molecular weight is 487 g/mol. The fourth-order valence-corrected chi connectivity index (χ4v) is 9.58. The van der Waals surface area contributed by atoms with Crippen LogP contribution in [0.4, 0.5) is 0 Å². The maximum absolute atomic E-state index is 12.6. The van der Waals surface area contributed by atoms with Crippen molar-refractivity contribution in [3.63, 3.8) is 0 Å². The van der Waals surface area contributed by atoms with E-state index in [1.165, 1.54) is 5.57 Å². The van der Waals surface area contributed by atoms with E-state index in [-0.39, 0.29) is 33.7 Å². The Morgan fingerprint density at radius 1 is 1.03 bits per heavy atom. The third-order valence-corrected chi connectivity index (χ3v) is 12.1. The highest BCUT2D eigenvalue weighted by Crippen LogP contribution is 2.72. The van der Waals surface area contributed by atoms with E-state index >= 15 is 0 Å². The summed E-state index contributed by atoms with van der Waals surface area (Å²) in [5, 5.41) is 32.7. The molecule has 0 aliphatic heterocycles. The highest BCUT2D eigenvalue weighted by atomic mass is 16.4. The summed E-state index contributed by atoms with van der Waals surface area (Å²) in [5.41, 5.74) is 3.78. The fourth-order valence-electron chi connectivity index (χ4n) is 9.58. The Hall–Kier alpha value is -1.13. The van der Waals surface area contributed by atoms with Crippen molar-refractivity contribution in [1.29, 1.82) is 0 Å². The Morgan fingerprint density at radius 2 is 1.69 bits per heavy atom. The molecule has 3 N–H and O–H groups in total. The van der Waals surface area contributed by atoms with Gasteiger partial charge in [0.05, 0.1) is 18.1 Å². The first-order valence-electron chi connectivity index (χ1n) is 14.1. The van der Waals surface area contributed by atoms with Crippen LogP contribution >= 0.6 is 0 Å². The van der Waals surface area contributed by atoms with Gasteiger partial charge in [0.2, 0.25) is 0 Å². The number of hydrogen-bond acceptors (Lipinski definition) is 3. The molecular formula is C31H50O4. The molecule has 4 rings (SSSR count). The van der Waals surface area contributed by atoms with E-state index in [2.05, 4.69) is 55.0 Å². The molecule has 0 bridgehead atoms. The van der Waals surface area contributed by atoms with Gasteiger partial charge in [-0.05, 0) is 91.3 Å². The average Bonchev–Trinajstić information content (AvgIpc) is 2.97. The van der Waals surface area contributed by atoms with E-state index in [0.29, 0.717) is 31.1 Å². The van der Waals surface area contributed by atoms with Gasteiger partial charge in [-0.25, -0.2) is 0 Å². The first-order valence-corrected chi connectivity index (χ1v) is 14.1. The zero-order chi connectivity index (χ0) is 26.1. The summed E-state index contributed by atoms with van der Waals surface area (Å²) in [6.45, 7) is 20.0. The molecule has 8 atom stereocenters. The van der Waals surface area contributed by atoms with Crippen LogP contribution in [-0.2, 0) is 4.79 Å². The van der Waals surface area contributed by atoms with E-state index in [9.17, 15) is 20.1 Å². The molecule has 0 aromatic rings. The molecular weight excluding hydrogens is 436 g/mol. The van der Waals surface area contributed by atoms with Crippen LogP contribution in [0.3, 0.4) is 0 Å². The van der Waals surface area contributed by atoms with Gasteiger partial charge in [0.1, 0.15) is 0 Å². The number of aliphatic hydroxyl groups is 2. The maximum atomic E-state index is 12.6. The van der Waals surface area contributed by atoms with Crippen molar-refractivity contribution in [2.45, 2.75) is 118 Å². The summed E-state index contributed by atoms with van der Waals surface area (Å²) in [7, 11) is 0. The Balaban J connectivity index is 1.71. The van der Waals surface area contributed by atoms with E-state index in [1.807, 2.05) is 0 Å². The van der Waals surface area contributed by atoms with Crippen LogP contribution in [0.2, 0.25) is 0 Å². The topological polar surface area (TPSA) is 77.8 Å². The summed E-state index contributed by atoms with van der Waals surface area (Å²) in [5.74, 6) is -0.759. The predicted octanol–water partition coefficient (Wildman–Crippen LogP) is 6.76. The molecule has 0 heterocycles. The van der Waals surface area contributed by atoms with E-state index in [0.717, 1.165) is 44.1 Å². The van der Waals surface area contributed by atoms with Crippen LogP contribution in [0.15, 0.2) is 23.3 Å². The van der Waals surface area contributed by atoms with Gasteiger partial charge in [0, 0.05) is 5.92 Å². The number of allylic oxidation sites excluding steroid dienone is 3. The summed E-state index contributed by atoms with van der Waals surface area (Å²) in [6, 6.07) is 0. The second kappa shape index (κ2) is 8.72. The lowest BCUT2D eigenvalue weighted by molar-refractivity contribution is -0.149. The van der Waals surface area contributed by atoms with Crippen molar-refractivity contribution in [3.05, 3.63) is 23.3 Å². The number of fused-ring (bicyclic) bond motifs is 4. The minimum Gasteiger partial charge on any atom is -0.481 e. The van der Waals surface area contributed by atoms with Crippen molar-refractivity contribution in [3.8, 4) is 0 Å². The second-order valence-electron chi connectivity index (χ2n) is 14.2. The molecule has 198 valence electrons. The number of aliphatic hydroxyl groups excluding tert-OH is 2. The smallest absolute Gasteiger partial charge is 0.306 e. The molecule has 0 spiro atoms. The lowest BCUT2D eigenvalue weighted by atomic mass is 9.43. The van der Waals surface area contributed by atoms with Crippen LogP contribution in [0.5, 0.6) is 0 Å². The zero-order valence-electron chi connectivity index (χ0n) is 23.3. The monoisotopic (exact) mass is 486 g/mol. The minimum atomic E-state index is -0.769. The first-order chi connectivity index (χ1) is 16.1. The Kier molecular flexibility index (Phi) is 6.71. The lowest BCUT2D eigenvalue weighted by Gasteiger charge is -2.62. The van der Waals surface area contributed by atoms with Crippen LogP contribution in [-0.4, -0.2) is 33.5 Å². The number of carboxylic acid groups (broad SMARTS) is 1. The van der Waals surface area contributed by atoms with Crippen LogP contribution in [0.1, 0.15) is 106 Å². The first kappa shape index (κ1) is 26.9. The van der Waals surface area contributed by atoms with Gasteiger partial charge < -0.3 is 15.3 Å². The number of rotatable bonds is 6. The van der Waals surface area contributed by atoms with E-state index < -0.39 is 18.0 Å². The second-order valence-corrected chi connectivity index (χ2v) is 14.2. The maximum Gasteiger partial charge on any atom is 0.306 e. The minimum absolute atomic E-state index is 0.0882. The van der Waals surface area contributed by atoms with Gasteiger partial charge in [-0.2, -0.15) is 0 Å². The molecule has 0 radical (unpaired) electrons. The van der Waals surface area contributed by atoms with E-state index in [1.54, 1.807) is 5.57 Å². The van der Waals surface area contributed by atoms with Crippen LogP contribution in [0, 0.1) is 45.3 Å². The molecule has 2 saturated carbocycles. The van der Waals surface area contributed by atoms with Crippen LogP contribution in [0.25, 0.3) is 0 Å². The highest BCUT2D eigenvalue weighted by molar-refractivity contribution is 5.71. The van der Waals surface area contributed by atoms with E-state index in [4.69, 9.17) is 0 Å². The van der Waals surface area contributed by atoms with Crippen molar-refractivity contribution in [2.24, 2.45) is 45.3 Å². The molecule has 1 unspecified atom stereocenters. The normalized spacial score (nSPS) is 43.4. The summed E-state index contributed by atoms with van der Waals surface area (Å²) in [4.78, 5) is 12.6. The van der Waals surface area contributed by atoms with Crippen molar-refractivity contribution in [1.82, 2.24) is 0 Å². The largest absolute Gasteiger partial charge is 0.481 e. The molecule has 0 aromatic heterocycles. The van der Waals surface area contributed by atoms with Gasteiger partial charge in [-0.1, -0.05) is 71.8 Å². The number of carboxylic acids is 1. The third-order valence-electron chi connectivity index (χ3n) is 12.1. The number of aliphatic carboxylic acids is 1. The molecule has 35 heavy (non-hydrogen) atoms. The fraction of sp³-hybridized carbons (Fsp3) is 0.839. The molecule has 4 heteroatoms. The highest BCUT2D eigenvalue weighted by Gasteiger charge is 2.66. The van der Waals surface area contributed by atoms with Gasteiger partial charge in [0.25, 0.3) is 0 Å². The number of hydrogen-bond donors (Lipinski definition) is 3. The molecule has 2 fully saturated rings. The Bertz CT molecular complexity index is 915. The van der Waals surface area contributed by atoms with Gasteiger partial charge >= 0.3 is 5.97 Å². The lowest BCUT2D eigenvalue weighted by Crippen LogP contribution is -2.55.